The van der Waals surface area contributed by atoms with Crippen LogP contribution in [0.1, 0.15) is 32.1 Å². The molecule has 1 aromatic rings. The number of carbonyl (C=O) groups is 1. The lowest BCUT2D eigenvalue weighted by atomic mass is 10.1. The van der Waals surface area contributed by atoms with E-state index in [4.69, 9.17) is 5.11 Å². The van der Waals surface area contributed by atoms with Crippen LogP contribution in [0, 0.1) is 5.82 Å². The Kier molecular flexibility index (Phi) is 6.53. The standard InChI is InChI=1S/C12H17FN2O4S/c13-10-6-5-8-14-12(10)20(18,19)15-9-4-2-1-3-7-11(16)17/h5-6,8,15H,1-4,7,9H2,(H,16,17). The smallest absolute Gasteiger partial charge is 0.303 e. The summed E-state index contributed by atoms with van der Waals surface area (Å²) in [5, 5.41) is 7.84. The highest BCUT2D eigenvalue weighted by molar-refractivity contribution is 7.89. The van der Waals surface area contributed by atoms with Gasteiger partial charge in [-0.3, -0.25) is 4.79 Å². The second kappa shape index (κ2) is 7.91. The molecule has 0 unspecified atom stereocenters. The van der Waals surface area contributed by atoms with Crippen molar-refractivity contribution in [1.29, 1.82) is 0 Å². The third-order valence-corrected chi connectivity index (χ3v) is 3.98. The van der Waals surface area contributed by atoms with Crippen LogP contribution in [0.25, 0.3) is 0 Å². The van der Waals surface area contributed by atoms with Crippen LogP contribution in [-0.4, -0.2) is 31.0 Å². The number of carboxylic acid groups (broad SMARTS) is 1. The molecule has 0 aromatic carbocycles. The zero-order valence-electron chi connectivity index (χ0n) is 10.9. The van der Waals surface area contributed by atoms with E-state index in [1.54, 1.807) is 0 Å². The third kappa shape index (κ3) is 5.62. The molecular formula is C12H17FN2O4S. The van der Waals surface area contributed by atoms with Crippen molar-refractivity contribution in [1.82, 2.24) is 9.71 Å². The fraction of sp³-hybridized carbons (Fsp3) is 0.500. The summed E-state index contributed by atoms with van der Waals surface area (Å²) in [6.07, 6.45) is 3.88. The summed E-state index contributed by atoms with van der Waals surface area (Å²) in [5.74, 6) is -1.72. The Morgan fingerprint density at radius 3 is 2.65 bits per heavy atom. The van der Waals surface area contributed by atoms with Gasteiger partial charge in [0.2, 0.25) is 5.03 Å². The zero-order valence-corrected chi connectivity index (χ0v) is 11.7. The van der Waals surface area contributed by atoms with Gasteiger partial charge in [0.05, 0.1) is 0 Å². The van der Waals surface area contributed by atoms with Gasteiger partial charge in [0.1, 0.15) is 0 Å². The number of pyridine rings is 1. The van der Waals surface area contributed by atoms with E-state index in [0.717, 1.165) is 6.07 Å². The van der Waals surface area contributed by atoms with Crippen LogP contribution in [0.3, 0.4) is 0 Å². The molecule has 20 heavy (non-hydrogen) atoms. The van der Waals surface area contributed by atoms with E-state index in [1.165, 1.54) is 12.3 Å². The van der Waals surface area contributed by atoms with Gasteiger partial charge < -0.3 is 5.11 Å². The van der Waals surface area contributed by atoms with Gasteiger partial charge in [-0.1, -0.05) is 12.8 Å². The molecular weight excluding hydrogens is 287 g/mol. The summed E-state index contributed by atoms with van der Waals surface area (Å²) in [6.45, 7) is 0.172. The number of aliphatic carboxylic acids is 1. The van der Waals surface area contributed by atoms with Crippen molar-refractivity contribution in [3.05, 3.63) is 24.1 Å². The molecule has 0 fully saturated rings. The molecule has 1 heterocycles. The number of nitrogens with zero attached hydrogens (tertiary/aromatic N) is 1. The summed E-state index contributed by atoms with van der Waals surface area (Å²) < 4.78 is 39.0. The fourth-order valence-corrected chi connectivity index (χ4v) is 2.67. The third-order valence-electron chi connectivity index (χ3n) is 2.59. The molecule has 0 bridgehead atoms. The molecule has 0 aliphatic heterocycles. The predicted octanol–water partition coefficient (Wildman–Crippen LogP) is 1.53. The average molecular weight is 304 g/mol. The lowest BCUT2D eigenvalue weighted by Gasteiger charge is -2.06. The maximum absolute atomic E-state index is 13.3. The van der Waals surface area contributed by atoms with Crippen LogP contribution in [0.5, 0.6) is 0 Å². The van der Waals surface area contributed by atoms with Gasteiger partial charge >= 0.3 is 5.97 Å². The average Bonchev–Trinajstić information content (AvgIpc) is 2.37. The minimum absolute atomic E-state index is 0.116. The topological polar surface area (TPSA) is 96.4 Å². The fourth-order valence-electron chi connectivity index (χ4n) is 1.60. The number of rotatable bonds is 9. The first-order valence-electron chi connectivity index (χ1n) is 6.25. The number of unbranched alkanes of at least 4 members (excludes halogenated alkanes) is 3. The lowest BCUT2D eigenvalue weighted by molar-refractivity contribution is -0.137. The summed E-state index contributed by atoms with van der Waals surface area (Å²) in [6, 6.07) is 2.35. The van der Waals surface area contributed by atoms with E-state index in [-0.39, 0.29) is 13.0 Å². The van der Waals surface area contributed by atoms with E-state index in [1.807, 2.05) is 0 Å². The van der Waals surface area contributed by atoms with Crippen LogP contribution in [0.2, 0.25) is 0 Å². The van der Waals surface area contributed by atoms with Crippen LogP contribution in [0.4, 0.5) is 4.39 Å². The molecule has 8 heteroatoms. The first-order valence-corrected chi connectivity index (χ1v) is 7.74. The highest BCUT2D eigenvalue weighted by Crippen LogP contribution is 2.10. The summed E-state index contributed by atoms with van der Waals surface area (Å²) >= 11 is 0. The minimum Gasteiger partial charge on any atom is -0.481 e. The number of hydrogen-bond donors (Lipinski definition) is 2. The first kappa shape index (κ1) is 16.5. The molecule has 1 aromatic heterocycles. The van der Waals surface area contributed by atoms with Gasteiger partial charge in [0.25, 0.3) is 10.0 Å². The molecule has 2 N–H and O–H groups in total. The SMILES string of the molecule is O=C(O)CCCCCCNS(=O)(=O)c1ncccc1F. The zero-order chi connectivity index (χ0) is 15.0. The molecule has 0 aliphatic carbocycles. The van der Waals surface area contributed by atoms with Crippen LogP contribution in [0.15, 0.2) is 23.4 Å². The maximum atomic E-state index is 13.3. The minimum atomic E-state index is -3.93. The van der Waals surface area contributed by atoms with Gasteiger partial charge in [0, 0.05) is 19.2 Å². The molecule has 0 aliphatic rings. The van der Waals surface area contributed by atoms with Gasteiger partial charge in [0.15, 0.2) is 5.82 Å². The van der Waals surface area contributed by atoms with Gasteiger partial charge in [-0.05, 0) is 25.0 Å². The highest BCUT2D eigenvalue weighted by atomic mass is 32.2. The monoisotopic (exact) mass is 304 g/mol. The van der Waals surface area contributed by atoms with E-state index in [9.17, 15) is 17.6 Å². The second-order valence-corrected chi connectivity index (χ2v) is 5.93. The van der Waals surface area contributed by atoms with Crippen molar-refractivity contribution >= 4 is 16.0 Å². The molecule has 0 saturated heterocycles. The van der Waals surface area contributed by atoms with Crippen molar-refractivity contribution in [2.75, 3.05) is 6.54 Å². The predicted molar refractivity (Wildman–Crippen MR) is 70.1 cm³/mol. The number of sulfonamides is 1. The molecule has 112 valence electrons. The Hall–Kier alpha value is -1.54. The quantitative estimate of drug-likeness (QED) is 0.674. The van der Waals surface area contributed by atoms with Gasteiger partial charge in [-0.15, -0.1) is 0 Å². The molecule has 0 saturated carbocycles. The van der Waals surface area contributed by atoms with E-state index < -0.39 is 26.8 Å². The Morgan fingerprint density at radius 1 is 1.30 bits per heavy atom. The Morgan fingerprint density at radius 2 is 2.00 bits per heavy atom. The van der Waals surface area contributed by atoms with Gasteiger partial charge in [-0.2, -0.15) is 0 Å². The molecule has 6 nitrogen and oxygen atoms in total. The summed E-state index contributed by atoms with van der Waals surface area (Å²) in [7, 11) is -3.93. The molecule has 0 atom stereocenters. The number of hydrogen-bond acceptors (Lipinski definition) is 4. The van der Waals surface area contributed by atoms with Crippen molar-refractivity contribution in [2.45, 2.75) is 37.1 Å². The molecule has 1 rings (SSSR count). The number of carboxylic acids is 1. The van der Waals surface area contributed by atoms with Crippen molar-refractivity contribution in [3.63, 3.8) is 0 Å². The maximum Gasteiger partial charge on any atom is 0.303 e. The van der Waals surface area contributed by atoms with Crippen molar-refractivity contribution in [3.8, 4) is 0 Å². The lowest BCUT2D eigenvalue weighted by Crippen LogP contribution is -2.26. The van der Waals surface area contributed by atoms with Crippen LogP contribution < -0.4 is 4.72 Å². The number of nitrogens with one attached hydrogen (secondary N) is 1. The van der Waals surface area contributed by atoms with Crippen molar-refractivity contribution < 1.29 is 22.7 Å². The van der Waals surface area contributed by atoms with E-state index >= 15 is 0 Å². The molecule has 0 spiro atoms. The van der Waals surface area contributed by atoms with E-state index in [0.29, 0.717) is 25.7 Å². The Bertz CT molecular complexity index is 548. The molecule has 0 radical (unpaired) electrons. The largest absolute Gasteiger partial charge is 0.481 e. The van der Waals surface area contributed by atoms with Crippen LogP contribution in [-0.2, 0) is 14.8 Å². The summed E-state index contributed by atoms with van der Waals surface area (Å²) in [5.41, 5.74) is 0. The van der Waals surface area contributed by atoms with E-state index in [2.05, 4.69) is 9.71 Å². The normalized spacial score (nSPS) is 11.4. The van der Waals surface area contributed by atoms with Gasteiger partial charge in [-0.25, -0.2) is 22.5 Å². The Labute approximate surface area is 117 Å². The number of halogens is 1. The molecule has 0 amide bonds. The highest BCUT2D eigenvalue weighted by Gasteiger charge is 2.19. The van der Waals surface area contributed by atoms with Crippen molar-refractivity contribution in [2.24, 2.45) is 0 Å². The summed E-state index contributed by atoms with van der Waals surface area (Å²) in [4.78, 5) is 13.8. The first-order chi connectivity index (χ1) is 9.43. The Balaban J connectivity index is 2.31. The number of aromatic nitrogens is 1. The second-order valence-electron chi connectivity index (χ2n) is 4.25. The van der Waals surface area contributed by atoms with Crippen LogP contribution >= 0.6 is 0 Å².